The van der Waals surface area contributed by atoms with Crippen LogP contribution in [0, 0.1) is 36.0 Å². The summed E-state index contributed by atoms with van der Waals surface area (Å²) >= 11 is 0. The van der Waals surface area contributed by atoms with Crippen molar-refractivity contribution in [3.63, 3.8) is 0 Å². The summed E-state index contributed by atoms with van der Waals surface area (Å²) in [6, 6.07) is 9.49. The fourth-order valence-electron chi connectivity index (χ4n) is 5.32. The van der Waals surface area contributed by atoms with Crippen LogP contribution in [0.3, 0.4) is 0 Å². The van der Waals surface area contributed by atoms with Gasteiger partial charge >= 0.3 is 0 Å². The fourth-order valence-corrected chi connectivity index (χ4v) is 5.32. The minimum Gasteiger partial charge on any atom is -0.341 e. The first-order valence-corrected chi connectivity index (χ1v) is 11.3. The summed E-state index contributed by atoms with van der Waals surface area (Å²) in [7, 11) is 0. The number of likely N-dealkylation sites (tertiary alicyclic amines) is 1. The Labute approximate surface area is 194 Å². The molecule has 6 heteroatoms. The van der Waals surface area contributed by atoms with Crippen molar-refractivity contribution in [2.75, 3.05) is 13.1 Å². The quantitative estimate of drug-likeness (QED) is 0.651. The maximum Gasteiger partial charge on any atom is 0.227 e. The zero-order valence-corrected chi connectivity index (χ0v) is 19.9. The number of benzene rings is 1. The Kier molecular flexibility index (Phi) is 5.48. The van der Waals surface area contributed by atoms with Gasteiger partial charge in [0, 0.05) is 48.5 Å². The van der Waals surface area contributed by atoms with Crippen LogP contribution in [0.1, 0.15) is 61.8 Å². The summed E-state index contributed by atoms with van der Waals surface area (Å²) in [6.45, 7) is 10.5. The first-order chi connectivity index (χ1) is 15.4. The van der Waals surface area contributed by atoms with Gasteiger partial charge in [0.15, 0.2) is 0 Å². The molecule has 1 saturated carbocycles. The molecule has 0 atom stereocenters. The van der Waals surface area contributed by atoms with E-state index >= 15 is 0 Å². The molecular formula is C27H29N3O3. The molecule has 33 heavy (non-hydrogen) atoms. The van der Waals surface area contributed by atoms with Gasteiger partial charge in [0.25, 0.3) is 0 Å². The molecule has 1 aliphatic heterocycles. The molecule has 1 amide bonds. The number of rotatable bonds is 2. The van der Waals surface area contributed by atoms with Crippen molar-refractivity contribution in [2.24, 2.45) is 10.8 Å². The van der Waals surface area contributed by atoms with E-state index in [1.165, 1.54) is 6.20 Å². The topological polar surface area (TPSA) is 91.1 Å². The molecule has 170 valence electrons. The second kappa shape index (κ2) is 7.91. The monoisotopic (exact) mass is 443 g/mol. The minimum atomic E-state index is -0.744. The van der Waals surface area contributed by atoms with Gasteiger partial charge in [-0.2, -0.15) is 5.26 Å². The van der Waals surface area contributed by atoms with E-state index in [2.05, 4.69) is 11.1 Å². The van der Waals surface area contributed by atoms with Crippen molar-refractivity contribution >= 4 is 17.5 Å². The number of ketones is 2. The normalized spacial score (nSPS) is 18.2. The number of aromatic nitrogens is 1. The molecule has 4 rings (SSSR count). The Balaban J connectivity index is 1.56. The second-order valence-electron chi connectivity index (χ2n) is 10.7. The van der Waals surface area contributed by atoms with Gasteiger partial charge in [-0.1, -0.05) is 20.8 Å². The van der Waals surface area contributed by atoms with Gasteiger partial charge in [-0.3, -0.25) is 19.4 Å². The van der Waals surface area contributed by atoms with Crippen molar-refractivity contribution in [1.29, 1.82) is 5.26 Å². The first-order valence-electron chi connectivity index (χ1n) is 11.3. The molecule has 0 N–H and O–H groups in total. The minimum absolute atomic E-state index is 0.0513. The summed E-state index contributed by atoms with van der Waals surface area (Å²) in [5.41, 5.74) is 3.82. The number of nitriles is 1. The zero-order valence-electron chi connectivity index (χ0n) is 19.9. The summed E-state index contributed by atoms with van der Waals surface area (Å²) < 4.78 is 0. The van der Waals surface area contributed by atoms with Crippen molar-refractivity contribution in [3.05, 3.63) is 52.7 Å². The van der Waals surface area contributed by atoms with Crippen molar-refractivity contribution in [3.8, 4) is 17.3 Å². The first kappa shape index (κ1) is 22.8. The van der Waals surface area contributed by atoms with Crippen LogP contribution < -0.4 is 0 Å². The Hall–Kier alpha value is -3.33. The molecule has 2 heterocycles. The van der Waals surface area contributed by atoms with Gasteiger partial charge in [-0.05, 0) is 54.8 Å². The van der Waals surface area contributed by atoms with E-state index in [4.69, 9.17) is 5.26 Å². The third-order valence-electron chi connectivity index (χ3n) is 6.79. The lowest BCUT2D eigenvalue weighted by atomic mass is 9.62. The number of hydrogen-bond acceptors (Lipinski definition) is 5. The number of carbonyl (C=O) groups excluding carboxylic acids is 3. The molecule has 0 unspecified atom stereocenters. The van der Waals surface area contributed by atoms with Crippen LogP contribution in [-0.2, 0) is 14.4 Å². The number of nitrogens with zero attached hydrogens (tertiary/aromatic N) is 3. The Morgan fingerprint density at radius 3 is 2.12 bits per heavy atom. The lowest BCUT2D eigenvalue weighted by Gasteiger charge is -2.53. The van der Waals surface area contributed by atoms with Gasteiger partial charge in [0.2, 0.25) is 5.91 Å². The van der Waals surface area contributed by atoms with Crippen molar-refractivity contribution in [1.82, 2.24) is 9.88 Å². The van der Waals surface area contributed by atoms with Crippen LogP contribution >= 0.6 is 0 Å². The third kappa shape index (κ3) is 4.08. The van der Waals surface area contributed by atoms with E-state index < -0.39 is 16.7 Å². The molecule has 1 aromatic carbocycles. The van der Waals surface area contributed by atoms with Crippen LogP contribution in [0.2, 0.25) is 0 Å². The number of amides is 1. The highest BCUT2D eigenvalue weighted by molar-refractivity contribution is 6.11. The highest BCUT2D eigenvalue weighted by Crippen LogP contribution is 2.47. The molecule has 0 bridgehead atoms. The van der Waals surface area contributed by atoms with Crippen molar-refractivity contribution < 1.29 is 14.4 Å². The highest BCUT2D eigenvalue weighted by atomic mass is 16.2. The van der Waals surface area contributed by atoms with Crippen LogP contribution in [0.25, 0.3) is 11.3 Å². The van der Waals surface area contributed by atoms with E-state index in [9.17, 15) is 14.4 Å². The molecule has 1 saturated heterocycles. The predicted molar refractivity (Wildman–Crippen MR) is 124 cm³/mol. The van der Waals surface area contributed by atoms with E-state index in [1.54, 1.807) is 17.0 Å². The van der Waals surface area contributed by atoms with Gasteiger partial charge in [0.1, 0.15) is 23.6 Å². The van der Waals surface area contributed by atoms with Gasteiger partial charge in [-0.25, -0.2) is 0 Å². The summed E-state index contributed by atoms with van der Waals surface area (Å²) in [6.07, 6.45) is 2.19. The predicted octanol–water partition coefficient (Wildman–Crippen LogP) is 4.13. The Morgan fingerprint density at radius 1 is 1.09 bits per heavy atom. The van der Waals surface area contributed by atoms with Gasteiger partial charge in [-0.15, -0.1) is 0 Å². The Morgan fingerprint density at radius 2 is 1.67 bits per heavy atom. The molecule has 1 aliphatic carbocycles. The lowest BCUT2D eigenvalue weighted by molar-refractivity contribution is -0.160. The number of Topliss-reactive ketones (excluding diaryl/α,β-unsaturated/α-hetero) is 2. The average molecular weight is 444 g/mol. The van der Waals surface area contributed by atoms with E-state index in [-0.39, 0.29) is 17.5 Å². The van der Waals surface area contributed by atoms with E-state index in [0.717, 1.165) is 27.9 Å². The van der Waals surface area contributed by atoms with E-state index in [1.807, 2.05) is 46.8 Å². The molecular weight excluding hydrogens is 414 g/mol. The molecule has 1 aromatic heterocycles. The fraction of sp³-hybridized carbons (Fsp3) is 0.444. The van der Waals surface area contributed by atoms with Gasteiger partial charge in [0.05, 0.1) is 11.3 Å². The number of pyridine rings is 1. The van der Waals surface area contributed by atoms with E-state index in [0.29, 0.717) is 31.5 Å². The second-order valence-corrected chi connectivity index (χ2v) is 10.7. The molecule has 2 fully saturated rings. The highest BCUT2D eigenvalue weighted by Gasteiger charge is 2.54. The molecule has 2 aliphatic rings. The summed E-state index contributed by atoms with van der Waals surface area (Å²) in [4.78, 5) is 45.2. The van der Waals surface area contributed by atoms with Crippen LogP contribution in [-0.4, -0.2) is 40.4 Å². The van der Waals surface area contributed by atoms with Gasteiger partial charge < -0.3 is 4.90 Å². The largest absolute Gasteiger partial charge is 0.341 e. The van der Waals surface area contributed by atoms with Crippen LogP contribution in [0.15, 0.2) is 30.5 Å². The summed E-state index contributed by atoms with van der Waals surface area (Å²) in [5.74, 6) is -0.783. The lowest BCUT2D eigenvalue weighted by Crippen LogP contribution is -2.63. The smallest absolute Gasteiger partial charge is 0.227 e. The standard InChI is InChI=1S/C27H29N3O3/c1-16-8-19(20-7-6-18(12-28)13-29-20)9-17(2)23(16)24-21(31)10-27(11-22(24)32)14-30(15-27)25(33)26(3,4)5/h6-9,13,24H,10-11,14-15H2,1-5H3. The van der Waals surface area contributed by atoms with Crippen molar-refractivity contribution in [2.45, 2.75) is 53.4 Å². The average Bonchev–Trinajstić information content (AvgIpc) is 2.72. The molecule has 0 radical (unpaired) electrons. The maximum absolute atomic E-state index is 13.2. The third-order valence-corrected chi connectivity index (χ3v) is 6.79. The van der Waals surface area contributed by atoms with Crippen LogP contribution in [0.4, 0.5) is 0 Å². The number of hydrogen-bond donors (Lipinski definition) is 0. The molecule has 1 spiro atoms. The number of carbonyl (C=O) groups is 3. The number of aryl methyl sites for hydroxylation is 2. The summed E-state index contributed by atoms with van der Waals surface area (Å²) in [5, 5.41) is 8.98. The molecule has 6 nitrogen and oxygen atoms in total. The molecule has 2 aromatic rings. The Bertz CT molecular complexity index is 1150. The zero-order chi connectivity index (χ0) is 24.1. The SMILES string of the molecule is Cc1cc(-c2ccc(C#N)cn2)cc(C)c1C1C(=O)CC2(CC1=O)CN(C(=O)C(C)(C)C)C2. The van der Waals surface area contributed by atoms with Crippen LogP contribution in [0.5, 0.6) is 0 Å². The maximum atomic E-state index is 13.2.